The van der Waals surface area contributed by atoms with Crippen LogP contribution in [-0.2, 0) is 11.3 Å². The molecule has 1 heterocycles. The number of carbonyl (C=O) groups excluding carboxylic acids is 1. The van der Waals surface area contributed by atoms with Crippen molar-refractivity contribution in [3.8, 4) is 0 Å². The molecule has 19 heavy (non-hydrogen) atoms. The molecule has 5 nitrogen and oxygen atoms in total. The van der Waals surface area contributed by atoms with Crippen molar-refractivity contribution < 1.29 is 14.7 Å². The fourth-order valence-electron chi connectivity index (χ4n) is 2.15. The first-order chi connectivity index (χ1) is 9.16. The summed E-state index contributed by atoms with van der Waals surface area (Å²) in [5.41, 5.74) is 1.15. The molecule has 2 rings (SSSR count). The zero-order valence-electron chi connectivity index (χ0n) is 10.7. The van der Waals surface area contributed by atoms with Gasteiger partial charge < -0.3 is 15.7 Å². The summed E-state index contributed by atoms with van der Waals surface area (Å²) in [6, 6.07) is 6.44. The van der Waals surface area contributed by atoms with Gasteiger partial charge in [-0.2, -0.15) is 0 Å². The van der Waals surface area contributed by atoms with Crippen molar-refractivity contribution in [2.75, 3.05) is 6.54 Å². The van der Waals surface area contributed by atoms with E-state index in [0.717, 1.165) is 31.4 Å². The molecule has 0 unspecified atom stereocenters. The smallest absolute Gasteiger partial charge is 0.335 e. The Morgan fingerprint density at radius 2 is 2.00 bits per heavy atom. The molecule has 0 bridgehead atoms. The predicted octanol–water partition coefficient (Wildman–Crippen LogP) is 1.14. The topological polar surface area (TPSA) is 78.4 Å². The summed E-state index contributed by atoms with van der Waals surface area (Å²) >= 11 is 0. The van der Waals surface area contributed by atoms with E-state index in [0.29, 0.717) is 6.54 Å². The van der Waals surface area contributed by atoms with E-state index in [-0.39, 0.29) is 17.5 Å². The van der Waals surface area contributed by atoms with Crippen LogP contribution in [0.4, 0.5) is 0 Å². The largest absolute Gasteiger partial charge is 0.478 e. The van der Waals surface area contributed by atoms with Crippen LogP contribution in [0.1, 0.15) is 35.2 Å². The fraction of sp³-hybridized carbons (Fsp3) is 0.429. The average molecular weight is 262 g/mol. The van der Waals surface area contributed by atoms with Crippen LogP contribution in [0.15, 0.2) is 24.3 Å². The van der Waals surface area contributed by atoms with Gasteiger partial charge in [-0.15, -0.1) is 0 Å². The van der Waals surface area contributed by atoms with E-state index < -0.39 is 5.97 Å². The number of carboxylic acid groups (broad SMARTS) is 1. The molecule has 0 aliphatic carbocycles. The van der Waals surface area contributed by atoms with E-state index in [2.05, 4.69) is 10.6 Å². The number of hydrogen-bond donors (Lipinski definition) is 3. The molecular weight excluding hydrogens is 244 g/mol. The van der Waals surface area contributed by atoms with E-state index in [9.17, 15) is 9.59 Å². The Morgan fingerprint density at radius 1 is 1.26 bits per heavy atom. The average Bonchev–Trinajstić information content (AvgIpc) is 2.46. The van der Waals surface area contributed by atoms with Crippen molar-refractivity contribution in [1.82, 2.24) is 10.6 Å². The number of carboxylic acids is 1. The predicted molar refractivity (Wildman–Crippen MR) is 70.9 cm³/mol. The first kappa shape index (κ1) is 13.5. The monoisotopic (exact) mass is 262 g/mol. The summed E-state index contributed by atoms with van der Waals surface area (Å²) in [6.07, 6.45) is 3.09. The molecule has 3 N–H and O–H groups in total. The highest BCUT2D eigenvalue weighted by Gasteiger charge is 2.19. The highest BCUT2D eigenvalue weighted by Crippen LogP contribution is 2.08. The van der Waals surface area contributed by atoms with E-state index >= 15 is 0 Å². The van der Waals surface area contributed by atoms with Gasteiger partial charge in [0.1, 0.15) is 0 Å². The van der Waals surface area contributed by atoms with Crippen LogP contribution in [0.2, 0.25) is 0 Å². The van der Waals surface area contributed by atoms with Crippen molar-refractivity contribution in [3.63, 3.8) is 0 Å². The quantitative estimate of drug-likeness (QED) is 0.760. The van der Waals surface area contributed by atoms with Crippen LogP contribution in [0.5, 0.6) is 0 Å². The molecule has 1 aromatic rings. The Balaban J connectivity index is 1.84. The van der Waals surface area contributed by atoms with Gasteiger partial charge in [-0.3, -0.25) is 4.79 Å². The molecule has 1 fully saturated rings. The molecular formula is C14H18N2O3. The summed E-state index contributed by atoms with van der Waals surface area (Å²) in [4.78, 5) is 22.6. The van der Waals surface area contributed by atoms with Gasteiger partial charge in [0, 0.05) is 6.54 Å². The molecule has 0 aromatic heterocycles. The highest BCUT2D eigenvalue weighted by molar-refractivity contribution is 5.87. The van der Waals surface area contributed by atoms with Crippen LogP contribution in [0, 0.1) is 0 Å². The molecule has 1 aromatic carbocycles. The molecule has 1 amide bonds. The Morgan fingerprint density at radius 3 is 2.58 bits per heavy atom. The molecule has 0 saturated carbocycles. The summed E-state index contributed by atoms with van der Waals surface area (Å²) in [5, 5.41) is 14.8. The Kier molecular flexibility index (Phi) is 4.52. The molecule has 102 valence electrons. The van der Waals surface area contributed by atoms with Gasteiger partial charge in [-0.25, -0.2) is 4.79 Å². The van der Waals surface area contributed by atoms with E-state index in [1.54, 1.807) is 24.3 Å². The lowest BCUT2D eigenvalue weighted by Crippen LogP contribution is -2.46. The first-order valence-electron chi connectivity index (χ1n) is 6.50. The third-order valence-corrected chi connectivity index (χ3v) is 3.29. The second-order valence-corrected chi connectivity index (χ2v) is 4.72. The minimum absolute atomic E-state index is 0.0158. The number of aromatic carboxylic acids is 1. The minimum atomic E-state index is -0.943. The second kappa shape index (κ2) is 6.33. The first-order valence-corrected chi connectivity index (χ1v) is 6.50. The minimum Gasteiger partial charge on any atom is -0.478 e. The van der Waals surface area contributed by atoms with Crippen LogP contribution in [-0.4, -0.2) is 29.6 Å². The number of piperidine rings is 1. The molecule has 0 radical (unpaired) electrons. The maximum absolute atomic E-state index is 11.9. The van der Waals surface area contributed by atoms with Crippen molar-refractivity contribution in [3.05, 3.63) is 35.4 Å². The van der Waals surface area contributed by atoms with Gasteiger partial charge >= 0.3 is 5.97 Å². The number of rotatable bonds is 4. The Bertz CT molecular complexity index is 450. The summed E-state index contributed by atoms with van der Waals surface area (Å²) in [6.45, 7) is 1.32. The van der Waals surface area contributed by atoms with E-state index in [4.69, 9.17) is 5.11 Å². The number of amides is 1. The molecule has 5 heteroatoms. The molecule has 1 saturated heterocycles. The van der Waals surface area contributed by atoms with Crippen molar-refractivity contribution >= 4 is 11.9 Å². The van der Waals surface area contributed by atoms with Gasteiger partial charge in [0.15, 0.2) is 0 Å². The van der Waals surface area contributed by atoms with Crippen LogP contribution in [0.3, 0.4) is 0 Å². The number of hydrogen-bond acceptors (Lipinski definition) is 3. The molecule has 1 aliphatic heterocycles. The summed E-state index contributed by atoms with van der Waals surface area (Å²) in [7, 11) is 0. The van der Waals surface area contributed by atoms with Crippen LogP contribution < -0.4 is 10.6 Å². The zero-order valence-corrected chi connectivity index (χ0v) is 10.7. The van der Waals surface area contributed by atoms with Gasteiger partial charge in [-0.1, -0.05) is 18.6 Å². The zero-order chi connectivity index (χ0) is 13.7. The van der Waals surface area contributed by atoms with Crippen molar-refractivity contribution in [2.24, 2.45) is 0 Å². The molecule has 0 spiro atoms. The van der Waals surface area contributed by atoms with Gasteiger partial charge in [0.25, 0.3) is 0 Å². The third kappa shape index (κ3) is 3.79. The second-order valence-electron chi connectivity index (χ2n) is 4.72. The number of nitrogens with one attached hydrogen (secondary N) is 2. The summed E-state index contributed by atoms with van der Waals surface area (Å²) < 4.78 is 0. The van der Waals surface area contributed by atoms with Crippen LogP contribution >= 0.6 is 0 Å². The SMILES string of the molecule is O=C(O)c1ccc(CNC(=O)[C@H]2CCCCN2)cc1. The normalized spacial score (nSPS) is 18.8. The Hall–Kier alpha value is -1.88. The van der Waals surface area contributed by atoms with Gasteiger partial charge in [0.05, 0.1) is 11.6 Å². The summed E-state index contributed by atoms with van der Waals surface area (Å²) in [5.74, 6) is -0.927. The lowest BCUT2D eigenvalue weighted by atomic mass is 10.0. The number of carbonyl (C=O) groups is 2. The highest BCUT2D eigenvalue weighted by atomic mass is 16.4. The van der Waals surface area contributed by atoms with Crippen molar-refractivity contribution in [2.45, 2.75) is 31.8 Å². The standard InChI is InChI=1S/C14H18N2O3/c17-13(12-3-1-2-8-15-12)16-9-10-4-6-11(7-5-10)14(18)19/h4-7,12,15H,1-3,8-9H2,(H,16,17)(H,18,19)/t12-/m1/s1. The molecule has 1 atom stereocenters. The fourth-order valence-corrected chi connectivity index (χ4v) is 2.15. The van der Waals surface area contributed by atoms with E-state index in [1.165, 1.54) is 0 Å². The lowest BCUT2D eigenvalue weighted by Gasteiger charge is -2.22. The van der Waals surface area contributed by atoms with Gasteiger partial charge in [0.2, 0.25) is 5.91 Å². The van der Waals surface area contributed by atoms with Crippen molar-refractivity contribution in [1.29, 1.82) is 0 Å². The molecule has 1 aliphatic rings. The van der Waals surface area contributed by atoms with Crippen LogP contribution in [0.25, 0.3) is 0 Å². The van der Waals surface area contributed by atoms with Gasteiger partial charge in [-0.05, 0) is 37.1 Å². The lowest BCUT2D eigenvalue weighted by molar-refractivity contribution is -0.123. The maximum atomic E-state index is 11.9. The third-order valence-electron chi connectivity index (χ3n) is 3.29. The van der Waals surface area contributed by atoms with E-state index in [1.807, 2.05) is 0 Å². The maximum Gasteiger partial charge on any atom is 0.335 e. The number of benzene rings is 1. The Labute approximate surface area is 112 Å².